The minimum absolute atomic E-state index is 0.194. The lowest BCUT2D eigenvalue weighted by atomic mass is 9.87. The van der Waals surface area contributed by atoms with E-state index in [4.69, 9.17) is 0 Å². The number of phenols is 2. The Morgan fingerprint density at radius 3 is 2.35 bits per heavy atom. The Hall–Kier alpha value is -0.870. The van der Waals surface area contributed by atoms with E-state index in [1.165, 1.54) is 25.7 Å². The van der Waals surface area contributed by atoms with Crippen molar-refractivity contribution in [3.8, 4) is 11.5 Å². The van der Waals surface area contributed by atoms with Gasteiger partial charge in [0, 0.05) is 18.0 Å². The van der Waals surface area contributed by atoms with Crippen LogP contribution in [0.4, 0.5) is 0 Å². The number of aromatic hydroxyl groups is 2. The van der Waals surface area contributed by atoms with Crippen LogP contribution in [0.3, 0.4) is 0 Å². The molecule has 1 aromatic carbocycles. The second-order valence-corrected chi connectivity index (χ2v) is 7.69. The standard InChI is InChI=1S/C19H33NO2S/c1-5-6-7-8-9-10-23-19-12-17(21)15(11-18(19)22)16(13-20-4)14(2)3/h11-12,14,16,20-22H,5-10,13H2,1-4H3. The zero-order valence-corrected chi connectivity index (χ0v) is 15.9. The average molecular weight is 340 g/mol. The van der Waals surface area contributed by atoms with Crippen molar-refractivity contribution in [3.63, 3.8) is 0 Å². The SMILES string of the molecule is CCCCCCCSc1cc(O)c(C(CNC)C(C)C)cc1O. The molecule has 1 atom stereocenters. The van der Waals surface area contributed by atoms with Crippen molar-refractivity contribution in [1.82, 2.24) is 5.32 Å². The van der Waals surface area contributed by atoms with Crippen LogP contribution in [0.1, 0.15) is 64.4 Å². The number of hydrogen-bond acceptors (Lipinski definition) is 4. The fourth-order valence-corrected chi connectivity index (χ4v) is 3.77. The molecule has 132 valence electrons. The van der Waals surface area contributed by atoms with Crippen LogP contribution in [0.25, 0.3) is 0 Å². The van der Waals surface area contributed by atoms with E-state index in [-0.39, 0.29) is 11.7 Å². The predicted octanol–water partition coefficient (Wildman–Crippen LogP) is 5.12. The topological polar surface area (TPSA) is 52.5 Å². The van der Waals surface area contributed by atoms with Crippen molar-refractivity contribution < 1.29 is 10.2 Å². The third kappa shape index (κ3) is 6.64. The number of nitrogens with one attached hydrogen (secondary N) is 1. The Morgan fingerprint density at radius 1 is 1.04 bits per heavy atom. The fraction of sp³-hybridized carbons (Fsp3) is 0.684. The highest BCUT2D eigenvalue weighted by atomic mass is 32.2. The first-order valence-corrected chi connectivity index (χ1v) is 9.83. The van der Waals surface area contributed by atoms with E-state index in [0.29, 0.717) is 11.7 Å². The van der Waals surface area contributed by atoms with Crippen molar-refractivity contribution in [2.45, 2.75) is 63.7 Å². The molecule has 4 heteroatoms. The van der Waals surface area contributed by atoms with Crippen molar-refractivity contribution in [2.75, 3.05) is 19.3 Å². The number of hydrogen-bond donors (Lipinski definition) is 3. The number of benzene rings is 1. The van der Waals surface area contributed by atoms with Gasteiger partial charge in [0.2, 0.25) is 0 Å². The maximum atomic E-state index is 10.4. The summed E-state index contributed by atoms with van der Waals surface area (Å²) >= 11 is 1.64. The lowest BCUT2D eigenvalue weighted by Gasteiger charge is -2.23. The Morgan fingerprint density at radius 2 is 1.74 bits per heavy atom. The summed E-state index contributed by atoms with van der Waals surface area (Å²) in [6, 6.07) is 3.48. The molecule has 0 fully saturated rings. The molecule has 3 nitrogen and oxygen atoms in total. The lowest BCUT2D eigenvalue weighted by molar-refractivity contribution is 0.415. The highest BCUT2D eigenvalue weighted by Gasteiger charge is 2.20. The molecule has 1 rings (SSSR count). The van der Waals surface area contributed by atoms with Gasteiger partial charge in [0.15, 0.2) is 0 Å². The van der Waals surface area contributed by atoms with Crippen LogP contribution in [-0.4, -0.2) is 29.6 Å². The first-order valence-electron chi connectivity index (χ1n) is 8.84. The average Bonchev–Trinajstić information content (AvgIpc) is 2.51. The molecule has 0 bridgehead atoms. The summed E-state index contributed by atoms with van der Waals surface area (Å²) < 4.78 is 0. The van der Waals surface area contributed by atoms with E-state index in [0.717, 1.165) is 29.2 Å². The van der Waals surface area contributed by atoms with E-state index in [1.807, 2.05) is 7.05 Å². The second kappa shape index (κ2) is 10.8. The van der Waals surface area contributed by atoms with Gasteiger partial charge in [0.05, 0.1) is 4.90 Å². The van der Waals surface area contributed by atoms with Crippen molar-refractivity contribution in [3.05, 3.63) is 17.7 Å². The molecule has 23 heavy (non-hydrogen) atoms. The minimum atomic E-state index is 0.194. The van der Waals surface area contributed by atoms with Crippen LogP contribution in [-0.2, 0) is 0 Å². The molecule has 0 radical (unpaired) electrons. The van der Waals surface area contributed by atoms with Crippen LogP contribution < -0.4 is 5.32 Å². The van der Waals surface area contributed by atoms with E-state index >= 15 is 0 Å². The Balaban J connectivity index is 2.69. The maximum absolute atomic E-state index is 10.4. The zero-order valence-electron chi connectivity index (χ0n) is 15.1. The fourth-order valence-electron chi connectivity index (χ4n) is 2.80. The molecular weight excluding hydrogens is 306 g/mol. The van der Waals surface area contributed by atoms with Gasteiger partial charge in [-0.3, -0.25) is 0 Å². The number of likely N-dealkylation sites (N-methyl/N-ethyl adjacent to an activating group) is 1. The van der Waals surface area contributed by atoms with Gasteiger partial charge in [-0.05, 0) is 37.3 Å². The third-order valence-electron chi connectivity index (χ3n) is 4.24. The highest BCUT2D eigenvalue weighted by Crippen LogP contribution is 2.39. The molecule has 0 aliphatic rings. The molecule has 0 aromatic heterocycles. The molecule has 3 N–H and O–H groups in total. The van der Waals surface area contributed by atoms with Crippen LogP contribution in [0.5, 0.6) is 11.5 Å². The van der Waals surface area contributed by atoms with Crippen LogP contribution in [0.15, 0.2) is 17.0 Å². The quantitative estimate of drug-likeness (QED) is 0.297. The number of unbranched alkanes of at least 4 members (excludes halogenated alkanes) is 4. The molecule has 1 unspecified atom stereocenters. The summed E-state index contributed by atoms with van der Waals surface area (Å²) in [5.41, 5.74) is 0.833. The molecule has 0 spiro atoms. The molecule has 0 saturated carbocycles. The van der Waals surface area contributed by atoms with Crippen LogP contribution >= 0.6 is 11.8 Å². The second-order valence-electron chi connectivity index (χ2n) is 6.55. The summed E-state index contributed by atoms with van der Waals surface area (Å²) in [5, 5.41) is 23.9. The summed E-state index contributed by atoms with van der Waals surface area (Å²) in [4.78, 5) is 0.786. The minimum Gasteiger partial charge on any atom is -0.508 e. The first kappa shape index (κ1) is 20.2. The van der Waals surface area contributed by atoms with Crippen LogP contribution in [0.2, 0.25) is 0 Å². The van der Waals surface area contributed by atoms with Crippen molar-refractivity contribution in [2.24, 2.45) is 5.92 Å². The van der Waals surface area contributed by atoms with Crippen molar-refractivity contribution >= 4 is 11.8 Å². The monoisotopic (exact) mass is 339 g/mol. The predicted molar refractivity (Wildman–Crippen MR) is 101 cm³/mol. The van der Waals surface area contributed by atoms with Gasteiger partial charge in [-0.1, -0.05) is 46.5 Å². The molecule has 0 aliphatic heterocycles. The first-order chi connectivity index (χ1) is 11.0. The number of thioether (sulfide) groups is 1. The normalized spacial score (nSPS) is 12.7. The molecule has 0 heterocycles. The summed E-state index contributed by atoms with van der Waals surface area (Å²) in [6.07, 6.45) is 6.23. The smallest absolute Gasteiger partial charge is 0.129 e. The number of phenolic OH excluding ortho intramolecular Hbond substituents is 2. The summed E-state index contributed by atoms with van der Waals surface area (Å²) in [7, 11) is 1.91. The third-order valence-corrected chi connectivity index (χ3v) is 5.37. The summed E-state index contributed by atoms with van der Waals surface area (Å²) in [6.45, 7) is 7.28. The molecule has 0 amide bonds. The molecule has 0 aliphatic carbocycles. The zero-order chi connectivity index (χ0) is 17.2. The van der Waals surface area contributed by atoms with E-state index in [9.17, 15) is 10.2 Å². The van der Waals surface area contributed by atoms with Gasteiger partial charge >= 0.3 is 0 Å². The molecule has 1 aromatic rings. The molecular formula is C19H33NO2S. The Kier molecular flexibility index (Phi) is 9.49. The highest BCUT2D eigenvalue weighted by molar-refractivity contribution is 7.99. The maximum Gasteiger partial charge on any atom is 0.129 e. The molecule has 0 saturated heterocycles. The lowest BCUT2D eigenvalue weighted by Crippen LogP contribution is -2.21. The van der Waals surface area contributed by atoms with Gasteiger partial charge in [-0.25, -0.2) is 0 Å². The van der Waals surface area contributed by atoms with Gasteiger partial charge in [-0.2, -0.15) is 0 Å². The van der Waals surface area contributed by atoms with Crippen LogP contribution in [0, 0.1) is 5.92 Å². The summed E-state index contributed by atoms with van der Waals surface area (Å²) in [5.74, 6) is 2.16. The largest absolute Gasteiger partial charge is 0.508 e. The number of rotatable bonds is 11. The van der Waals surface area contributed by atoms with Gasteiger partial charge < -0.3 is 15.5 Å². The van der Waals surface area contributed by atoms with Gasteiger partial charge in [-0.15, -0.1) is 11.8 Å². The Labute approximate surface area is 145 Å². The van der Waals surface area contributed by atoms with Crippen molar-refractivity contribution in [1.29, 1.82) is 0 Å². The Bertz CT molecular complexity index is 463. The van der Waals surface area contributed by atoms with E-state index < -0.39 is 0 Å². The van der Waals surface area contributed by atoms with E-state index in [1.54, 1.807) is 23.9 Å². The van der Waals surface area contributed by atoms with Gasteiger partial charge in [0.1, 0.15) is 11.5 Å². The van der Waals surface area contributed by atoms with E-state index in [2.05, 4.69) is 26.1 Å². The van der Waals surface area contributed by atoms with Gasteiger partial charge in [0.25, 0.3) is 0 Å².